The van der Waals surface area contributed by atoms with Gasteiger partial charge in [0.15, 0.2) is 23.3 Å². The number of rotatable bonds is 3. The third kappa shape index (κ3) is 2.51. The van der Waals surface area contributed by atoms with E-state index < -0.39 is 34.8 Å². The van der Waals surface area contributed by atoms with E-state index in [-0.39, 0.29) is 0 Å². The Labute approximate surface area is 114 Å². The fraction of sp³-hybridized carbons (Fsp3) is 0.0833. The van der Waals surface area contributed by atoms with E-state index in [1.807, 2.05) is 5.43 Å². The highest BCUT2D eigenvalue weighted by molar-refractivity contribution is 7.11. The van der Waals surface area contributed by atoms with E-state index in [2.05, 4.69) is 5.10 Å². The Morgan fingerprint density at radius 1 is 1.00 bits per heavy atom. The lowest BCUT2D eigenvalue weighted by Crippen LogP contribution is -2.06. The van der Waals surface area contributed by atoms with Crippen molar-refractivity contribution >= 4 is 23.2 Å². The van der Waals surface area contributed by atoms with Gasteiger partial charge < -0.3 is 0 Å². The van der Waals surface area contributed by atoms with Crippen LogP contribution in [0, 0.1) is 36.0 Å². The van der Waals surface area contributed by atoms with Crippen LogP contribution in [0.5, 0.6) is 0 Å². The maximum absolute atomic E-state index is 13.3. The lowest BCUT2D eigenvalue weighted by Gasteiger charge is -2.06. The number of nitrogens with one attached hydrogen (secondary N) is 1. The molecular formula is C12H7F5N2S. The molecule has 0 spiro atoms. The minimum Gasteiger partial charge on any atom is -0.272 e. The standard InChI is InChI=1S/C12H7F5N2S/c1-5-2-3-20-6(5)4-18-19-12-10(16)8(14)7(13)9(15)11(12)17/h2-4,19H,1H3/b18-4-. The first-order chi connectivity index (χ1) is 9.43. The van der Waals surface area contributed by atoms with Crippen molar-refractivity contribution in [2.24, 2.45) is 5.10 Å². The molecule has 2 aromatic rings. The summed E-state index contributed by atoms with van der Waals surface area (Å²) in [6.45, 7) is 1.79. The largest absolute Gasteiger partial charge is 0.272 e. The van der Waals surface area contributed by atoms with Crippen LogP contribution in [-0.2, 0) is 0 Å². The fourth-order valence-corrected chi connectivity index (χ4v) is 2.16. The Morgan fingerprint density at radius 2 is 1.55 bits per heavy atom. The van der Waals surface area contributed by atoms with E-state index in [1.165, 1.54) is 17.6 Å². The summed E-state index contributed by atoms with van der Waals surface area (Å²) in [5.41, 5.74) is 1.52. The minimum atomic E-state index is -2.20. The molecule has 20 heavy (non-hydrogen) atoms. The fourth-order valence-electron chi connectivity index (χ4n) is 1.38. The predicted molar refractivity (Wildman–Crippen MR) is 66.5 cm³/mol. The number of hydrazone groups is 1. The topological polar surface area (TPSA) is 24.4 Å². The molecule has 0 unspecified atom stereocenters. The van der Waals surface area contributed by atoms with E-state index in [0.29, 0.717) is 4.88 Å². The molecule has 0 saturated carbocycles. The summed E-state index contributed by atoms with van der Waals surface area (Å²) in [4.78, 5) is 0.696. The van der Waals surface area contributed by atoms with E-state index in [0.717, 1.165) is 5.56 Å². The molecule has 0 atom stereocenters. The van der Waals surface area contributed by atoms with E-state index in [1.54, 1.807) is 18.4 Å². The first kappa shape index (κ1) is 14.4. The average molecular weight is 306 g/mol. The first-order valence-corrected chi connectivity index (χ1v) is 6.16. The monoisotopic (exact) mass is 306 g/mol. The molecular weight excluding hydrogens is 299 g/mol. The number of thiophene rings is 1. The van der Waals surface area contributed by atoms with Gasteiger partial charge in [-0.2, -0.15) is 5.10 Å². The molecule has 1 aromatic heterocycles. The number of aryl methyl sites for hydroxylation is 1. The van der Waals surface area contributed by atoms with Gasteiger partial charge in [0.05, 0.1) is 6.21 Å². The van der Waals surface area contributed by atoms with Crippen LogP contribution < -0.4 is 5.43 Å². The highest BCUT2D eigenvalue weighted by Gasteiger charge is 2.25. The summed E-state index contributed by atoms with van der Waals surface area (Å²) in [5, 5.41) is 5.25. The third-order valence-electron chi connectivity index (χ3n) is 2.47. The minimum absolute atomic E-state index is 0.696. The van der Waals surface area contributed by atoms with Crippen molar-refractivity contribution in [3.05, 3.63) is 51.0 Å². The molecule has 0 amide bonds. The second kappa shape index (κ2) is 5.58. The Hall–Kier alpha value is -1.96. The second-order valence-electron chi connectivity index (χ2n) is 3.78. The predicted octanol–water partition coefficient (Wildman–Crippen LogP) is 4.20. The van der Waals surface area contributed by atoms with Crippen molar-refractivity contribution in [2.45, 2.75) is 6.92 Å². The van der Waals surface area contributed by atoms with Crippen molar-refractivity contribution in [3.63, 3.8) is 0 Å². The summed E-state index contributed by atoms with van der Waals surface area (Å²) in [6.07, 6.45) is 1.23. The summed E-state index contributed by atoms with van der Waals surface area (Å²) < 4.78 is 65.2. The highest BCUT2D eigenvalue weighted by Crippen LogP contribution is 2.27. The van der Waals surface area contributed by atoms with Crippen molar-refractivity contribution in [2.75, 3.05) is 5.43 Å². The lowest BCUT2D eigenvalue weighted by molar-refractivity contribution is 0.381. The van der Waals surface area contributed by atoms with Crippen LogP contribution in [0.3, 0.4) is 0 Å². The van der Waals surface area contributed by atoms with Gasteiger partial charge in [-0.15, -0.1) is 11.3 Å². The van der Waals surface area contributed by atoms with Crippen LogP contribution in [0.2, 0.25) is 0 Å². The Morgan fingerprint density at radius 3 is 2.05 bits per heavy atom. The molecule has 1 heterocycles. The van der Waals surface area contributed by atoms with Gasteiger partial charge >= 0.3 is 0 Å². The smallest absolute Gasteiger partial charge is 0.200 e. The second-order valence-corrected chi connectivity index (χ2v) is 4.73. The van der Waals surface area contributed by atoms with E-state index >= 15 is 0 Å². The molecule has 0 radical (unpaired) electrons. The molecule has 0 fully saturated rings. The molecule has 2 rings (SSSR count). The van der Waals surface area contributed by atoms with Gasteiger partial charge in [0.25, 0.3) is 0 Å². The summed E-state index contributed by atoms with van der Waals surface area (Å²) in [5.74, 6) is -10.2. The molecule has 106 valence electrons. The molecule has 0 saturated heterocycles. The van der Waals surface area contributed by atoms with Crippen molar-refractivity contribution in [1.29, 1.82) is 0 Å². The molecule has 8 heteroatoms. The van der Waals surface area contributed by atoms with Crippen LogP contribution in [0.15, 0.2) is 16.5 Å². The van der Waals surface area contributed by atoms with Crippen molar-refractivity contribution in [3.8, 4) is 0 Å². The number of hydrogen-bond acceptors (Lipinski definition) is 3. The number of benzene rings is 1. The Balaban J connectivity index is 2.31. The Bertz CT molecular complexity index is 652. The van der Waals surface area contributed by atoms with Gasteiger partial charge in [-0.25, -0.2) is 22.0 Å². The van der Waals surface area contributed by atoms with Gasteiger partial charge in [0.1, 0.15) is 5.69 Å². The first-order valence-electron chi connectivity index (χ1n) is 5.28. The van der Waals surface area contributed by atoms with E-state index in [9.17, 15) is 22.0 Å². The average Bonchev–Trinajstić information content (AvgIpc) is 2.84. The number of nitrogens with zero attached hydrogens (tertiary/aromatic N) is 1. The van der Waals surface area contributed by atoms with Crippen molar-refractivity contribution < 1.29 is 22.0 Å². The quantitative estimate of drug-likeness (QED) is 0.297. The summed E-state index contributed by atoms with van der Waals surface area (Å²) in [6, 6.07) is 1.80. The van der Waals surface area contributed by atoms with E-state index in [4.69, 9.17) is 0 Å². The zero-order valence-electron chi connectivity index (χ0n) is 9.98. The molecule has 0 aliphatic carbocycles. The number of anilines is 1. The van der Waals surface area contributed by atoms with Crippen molar-refractivity contribution in [1.82, 2.24) is 0 Å². The van der Waals surface area contributed by atoms with Gasteiger partial charge in [-0.1, -0.05) is 0 Å². The van der Waals surface area contributed by atoms with Crippen LogP contribution in [-0.4, -0.2) is 6.21 Å². The van der Waals surface area contributed by atoms with Gasteiger partial charge in [-0.3, -0.25) is 5.43 Å². The molecule has 2 nitrogen and oxygen atoms in total. The van der Waals surface area contributed by atoms with Crippen LogP contribution >= 0.6 is 11.3 Å². The summed E-state index contributed by atoms with van der Waals surface area (Å²) >= 11 is 1.32. The lowest BCUT2D eigenvalue weighted by atomic mass is 10.2. The highest BCUT2D eigenvalue weighted by atomic mass is 32.1. The van der Waals surface area contributed by atoms with Gasteiger partial charge in [0.2, 0.25) is 5.82 Å². The molecule has 0 aliphatic rings. The van der Waals surface area contributed by atoms with Crippen LogP contribution in [0.1, 0.15) is 10.4 Å². The normalized spacial score (nSPS) is 11.3. The van der Waals surface area contributed by atoms with Crippen LogP contribution in [0.4, 0.5) is 27.6 Å². The molecule has 0 aliphatic heterocycles. The van der Waals surface area contributed by atoms with Gasteiger partial charge in [0, 0.05) is 4.88 Å². The SMILES string of the molecule is Cc1ccsc1/C=N\Nc1c(F)c(F)c(F)c(F)c1F. The molecule has 1 aromatic carbocycles. The molecule has 0 bridgehead atoms. The third-order valence-corrected chi connectivity index (χ3v) is 3.42. The van der Waals surface area contributed by atoms with Gasteiger partial charge in [-0.05, 0) is 23.9 Å². The maximum Gasteiger partial charge on any atom is 0.200 e. The maximum atomic E-state index is 13.3. The molecule has 1 N–H and O–H groups in total. The van der Waals surface area contributed by atoms with Crippen LogP contribution in [0.25, 0.3) is 0 Å². The summed E-state index contributed by atoms with van der Waals surface area (Å²) in [7, 11) is 0. The number of halogens is 5. The number of hydrogen-bond donors (Lipinski definition) is 1. The Kier molecular flexibility index (Phi) is 4.03. The zero-order valence-corrected chi connectivity index (χ0v) is 10.8. The zero-order chi connectivity index (χ0) is 14.9.